The number of rotatable bonds is 4. The van der Waals surface area contributed by atoms with Gasteiger partial charge in [0.15, 0.2) is 5.82 Å². The molecule has 6 nitrogen and oxygen atoms in total. The molecule has 0 spiro atoms. The van der Waals surface area contributed by atoms with Crippen LogP contribution in [0.25, 0.3) is 11.6 Å². The van der Waals surface area contributed by atoms with Gasteiger partial charge in [-0.25, -0.2) is 4.98 Å². The molecule has 0 bridgehead atoms. The van der Waals surface area contributed by atoms with Crippen LogP contribution in [0.15, 0.2) is 16.9 Å². The summed E-state index contributed by atoms with van der Waals surface area (Å²) in [6.07, 6.45) is 6.47. The molecule has 2 heterocycles. The van der Waals surface area contributed by atoms with Gasteiger partial charge in [0.25, 0.3) is 0 Å². The summed E-state index contributed by atoms with van der Waals surface area (Å²) in [4.78, 5) is 11.2. The molecule has 2 aromatic heterocycles. The summed E-state index contributed by atoms with van der Waals surface area (Å²) >= 11 is 0. The highest BCUT2D eigenvalue weighted by Crippen LogP contribution is 2.32. The van der Waals surface area contributed by atoms with E-state index in [1.54, 1.807) is 12.4 Å². The van der Waals surface area contributed by atoms with E-state index in [4.69, 9.17) is 10.3 Å². The lowest BCUT2D eigenvalue weighted by Crippen LogP contribution is -2.25. The topological polar surface area (TPSA) is 93.6 Å². The first kappa shape index (κ1) is 9.53. The number of hydrogen-bond acceptors (Lipinski definition) is 5. The number of hydrogen-bond donors (Lipinski definition) is 2. The van der Waals surface area contributed by atoms with Crippen LogP contribution < -0.4 is 5.73 Å². The van der Waals surface area contributed by atoms with E-state index in [0.29, 0.717) is 29.9 Å². The molecular formula is C10H13N5O. The Labute approximate surface area is 92.3 Å². The summed E-state index contributed by atoms with van der Waals surface area (Å²) in [5, 5.41) is 3.86. The number of nitrogens with one attached hydrogen (secondary N) is 1. The molecule has 0 aromatic carbocycles. The molecule has 0 amide bonds. The Balaban J connectivity index is 1.72. The third-order valence-electron chi connectivity index (χ3n) is 2.82. The summed E-state index contributed by atoms with van der Waals surface area (Å²) in [5.74, 6) is 2.34. The van der Waals surface area contributed by atoms with Crippen molar-refractivity contribution in [3.05, 3.63) is 18.3 Å². The lowest BCUT2D eigenvalue weighted by atomic mass is 10.1. The van der Waals surface area contributed by atoms with Gasteiger partial charge in [-0.3, -0.25) is 0 Å². The Bertz CT molecular complexity index is 459. The van der Waals surface area contributed by atoms with Crippen molar-refractivity contribution in [1.29, 1.82) is 0 Å². The number of imidazole rings is 1. The van der Waals surface area contributed by atoms with Crippen molar-refractivity contribution in [2.45, 2.75) is 25.3 Å². The molecule has 3 rings (SSSR count). The third kappa shape index (κ3) is 1.83. The molecule has 0 saturated heterocycles. The Hall–Kier alpha value is -1.69. The first-order valence-electron chi connectivity index (χ1n) is 5.41. The zero-order valence-electron chi connectivity index (χ0n) is 8.76. The molecule has 1 fully saturated rings. The SMILES string of the molecule is NC(Cc1nc(-c2ncc[nH]2)no1)C1CC1. The average molecular weight is 219 g/mol. The van der Waals surface area contributed by atoms with E-state index in [0.717, 1.165) is 0 Å². The smallest absolute Gasteiger partial charge is 0.238 e. The van der Waals surface area contributed by atoms with E-state index in [9.17, 15) is 0 Å². The highest BCUT2D eigenvalue weighted by molar-refractivity contribution is 5.40. The fraction of sp³-hybridized carbons (Fsp3) is 0.500. The minimum Gasteiger partial charge on any atom is -0.342 e. The minimum absolute atomic E-state index is 0.143. The second kappa shape index (κ2) is 3.71. The van der Waals surface area contributed by atoms with E-state index >= 15 is 0 Å². The van der Waals surface area contributed by atoms with Gasteiger partial charge >= 0.3 is 0 Å². The van der Waals surface area contributed by atoms with Crippen LogP contribution in [0.2, 0.25) is 0 Å². The van der Waals surface area contributed by atoms with Crippen LogP contribution in [0, 0.1) is 5.92 Å². The van der Waals surface area contributed by atoms with Gasteiger partial charge in [-0.1, -0.05) is 5.16 Å². The van der Waals surface area contributed by atoms with E-state index in [-0.39, 0.29) is 6.04 Å². The van der Waals surface area contributed by atoms with Gasteiger partial charge in [-0.2, -0.15) is 4.98 Å². The van der Waals surface area contributed by atoms with E-state index < -0.39 is 0 Å². The fourth-order valence-corrected chi connectivity index (χ4v) is 1.71. The number of nitrogens with two attached hydrogens (primary N) is 1. The largest absolute Gasteiger partial charge is 0.342 e. The third-order valence-corrected chi connectivity index (χ3v) is 2.82. The van der Waals surface area contributed by atoms with Crippen LogP contribution in [0.5, 0.6) is 0 Å². The van der Waals surface area contributed by atoms with E-state index in [1.165, 1.54) is 12.8 Å². The molecule has 1 atom stereocenters. The molecule has 1 saturated carbocycles. The molecule has 1 unspecified atom stereocenters. The number of aromatic nitrogens is 4. The zero-order valence-corrected chi connectivity index (χ0v) is 8.76. The predicted octanol–water partition coefficient (Wildman–Crippen LogP) is 0.739. The van der Waals surface area contributed by atoms with Crippen LogP contribution >= 0.6 is 0 Å². The Morgan fingerprint density at radius 2 is 2.44 bits per heavy atom. The number of aromatic amines is 1. The molecule has 1 aliphatic carbocycles. The van der Waals surface area contributed by atoms with Gasteiger partial charge in [0, 0.05) is 24.9 Å². The van der Waals surface area contributed by atoms with Crippen LogP contribution in [-0.2, 0) is 6.42 Å². The summed E-state index contributed by atoms with van der Waals surface area (Å²) in [6.45, 7) is 0. The summed E-state index contributed by atoms with van der Waals surface area (Å²) in [7, 11) is 0. The second-order valence-corrected chi connectivity index (χ2v) is 4.15. The van der Waals surface area contributed by atoms with Gasteiger partial charge in [0.05, 0.1) is 0 Å². The molecule has 0 radical (unpaired) electrons. The summed E-state index contributed by atoms with van der Waals surface area (Å²) in [6, 6.07) is 0.143. The Kier molecular flexibility index (Phi) is 2.21. The first-order chi connectivity index (χ1) is 7.83. The van der Waals surface area contributed by atoms with Gasteiger partial charge in [0.2, 0.25) is 11.7 Å². The van der Waals surface area contributed by atoms with Gasteiger partial charge in [0.1, 0.15) is 0 Å². The zero-order chi connectivity index (χ0) is 11.0. The molecule has 84 valence electrons. The second-order valence-electron chi connectivity index (χ2n) is 4.15. The lowest BCUT2D eigenvalue weighted by Gasteiger charge is -2.04. The van der Waals surface area contributed by atoms with Crippen molar-refractivity contribution in [1.82, 2.24) is 20.1 Å². The van der Waals surface area contributed by atoms with E-state index in [1.807, 2.05) is 0 Å². The lowest BCUT2D eigenvalue weighted by molar-refractivity contribution is 0.363. The van der Waals surface area contributed by atoms with Crippen LogP contribution in [0.3, 0.4) is 0 Å². The average Bonchev–Trinajstić information content (AvgIpc) is 2.80. The predicted molar refractivity (Wildman–Crippen MR) is 56.3 cm³/mol. The van der Waals surface area contributed by atoms with E-state index in [2.05, 4.69) is 20.1 Å². The summed E-state index contributed by atoms with van der Waals surface area (Å²) in [5.41, 5.74) is 5.99. The molecule has 0 aliphatic heterocycles. The quantitative estimate of drug-likeness (QED) is 0.791. The van der Waals surface area contributed by atoms with Crippen molar-refractivity contribution < 1.29 is 4.52 Å². The first-order valence-corrected chi connectivity index (χ1v) is 5.41. The van der Waals surface area contributed by atoms with Crippen molar-refractivity contribution in [2.75, 3.05) is 0 Å². The molecular weight excluding hydrogens is 206 g/mol. The number of H-pyrrole nitrogens is 1. The highest BCUT2D eigenvalue weighted by atomic mass is 16.5. The Morgan fingerprint density at radius 3 is 3.12 bits per heavy atom. The van der Waals surface area contributed by atoms with Crippen molar-refractivity contribution >= 4 is 0 Å². The van der Waals surface area contributed by atoms with Crippen molar-refractivity contribution in [3.8, 4) is 11.6 Å². The maximum absolute atomic E-state index is 5.99. The minimum atomic E-state index is 0.143. The van der Waals surface area contributed by atoms with Crippen molar-refractivity contribution in [3.63, 3.8) is 0 Å². The maximum Gasteiger partial charge on any atom is 0.238 e. The molecule has 2 aromatic rings. The maximum atomic E-state index is 5.99. The Morgan fingerprint density at radius 1 is 1.56 bits per heavy atom. The van der Waals surface area contributed by atoms with Crippen LogP contribution in [-0.4, -0.2) is 26.2 Å². The summed E-state index contributed by atoms with van der Waals surface area (Å²) < 4.78 is 5.14. The fourth-order valence-electron chi connectivity index (χ4n) is 1.71. The number of nitrogens with zero attached hydrogens (tertiary/aromatic N) is 3. The van der Waals surface area contributed by atoms with Gasteiger partial charge in [-0.05, 0) is 18.8 Å². The van der Waals surface area contributed by atoms with Crippen LogP contribution in [0.1, 0.15) is 18.7 Å². The molecule has 3 N–H and O–H groups in total. The van der Waals surface area contributed by atoms with Gasteiger partial charge in [-0.15, -0.1) is 0 Å². The van der Waals surface area contributed by atoms with Crippen molar-refractivity contribution in [2.24, 2.45) is 11.7 Å². The van der Waals surface area contributed by atoms with Crippen LogP contribution in [0.4, 0.5) is 0 Å². The monoisotopic (exact) mass is 219 g/mol. The molecule has 6 heteroatoms. The normalized spacial score (nSPS) is 17.6. The van der Waals surface area contributed by atoms with Gasteiger partial charge < -0.3 is 15.2 Å². The molecule has 1 aliphatic rings. The molecule has 16 heavy (non-hydrogen) atoms. The standard InChI is InChI=1S/C10H13N5O/c11-7(6-1-2-6)5-8-14-10(15-16-8)9-12-3-4-13-9/h3-4,6-7H,1-2,5,11H2,(H,12,13). The highest BCUT2D eigenvalue weighted by Gasteiger charge is 2.29.